The third-order valence-electron chi connectivity index (χ3n) is 5.45. The quantitative estimate of drug-likeness (QED) is 0.669. The van der Waals surface area contributed by atoms with Crippen LogP contribution in [0.4, 0.5) is 0 Å². The van der Waals surface area contributed by atoms with Gasteiger partial charge in [-0.05, 0) is 44.6 Å². The summed E-state index contributed by atoms with van der Waals surface area (Å²) >= 11 is 1.48. The summed E-state index contributed by atoms with van der Waals surface area (Å²) in [7, 11) is 0. The normalized spacial score (nSPS) is 26.3. The van der Waals surface area contributed by atoms with E-state index in [4.69, 9.17) is 4.98 Å². The highest BCUT2D eigenvalue weighted by Crippen LogP contribution is 2.40. The first-order chi connectivity index (χ1) is 11.7. The maximum atomic E-state index is 12.6. The number of hydrogen-bond donors (Lipinski definition) is 3. The molecule has 3 N–H and O–H groups in total. The van der Waals surface area contributed by atoms with Crippen molar-refractivity contribution in [1.82, 2.24) is 25.5 Å². The monoisotopic (exact) mass is 341 g/mol. The van der Waals surface area contributed by atoms with Crippen LogP contribution in [0, 0.1) is 12.8 Å². The number of thiophene rings is 1. The second-order valence-corrected chi connectivity index (χ2v) is 7.99. The first-order valence-electron chi connectivity index (χ1n) is 8.49. The van der Waals surface area contributed by atoms with E-state index in [0.29, 0.717) is 16.7 Å². The maximum Gasteiger partial charge on any atom is 0.268 e. The third-order valence-corrected chi connectivity index (χ3v) is 6.61. The summed E-state index contributed by atoms with van der Waals surface area (Å²) in [5.41, 5.74) is 2.80. The summed E-state index contributed by atoms with van der Waals surface area (Å²) in [6.07, 6.45) is 6.75. The van der Waals surface area contributed by atoms with Crippen LogP contribution in [0.15, 0.2) is 17.1 Å². The molecule has 3 aromatic heterocycles. The summed E-state index contributed by atoms with van der Waals surface area (Å²) in [5.74, 6) is 1.39. The second kappa shape index (κ2) is 5.26. The molecule has 1 atom stereocenters. The third kappa shape index (κ3) is 2.15. The van der Waals surface area contributed by atoms with Crippen LogP contribution >= 0.6 is 11.3 Å². The zero-order valence-corrected chi connectivity index (χ0v) is 14.2. The Morgan fingerprint density at radius 3 is 2.75 bits per heavy atom. The predicted octanol–water partition coefficient (Wildman–Crippen LogP) is 2.89. The predicted molar refractivity (Wildman–Crippen MR) is 94.2 cm³/mol. The number of piperidine rings is 2. The molecule has 3 fully saturated rings. The van der Waals surface area contributed by atoms with E-state index in [1.54, 1.807) is 6.20 Å². The zero-order chi connectivity index (χ0) is 16.3. The molecule has 2 saturated heterocycles. The molecule has 3 aliphatic rings. The van der Waals surface area contributed by atoms with Crippen molar-refractivity contribution in [3.05, 3.63) is 34.1 Å². The van der Waals surface area contributed by atoms with E-state index < -0.39 is 0 Å². The number of nitrogens with zero attached hydrogens (tertiary/aromatic N) is 2. The number of aromatic nitrogens is 4. The molecule has 3 aromatic rings. The van der Waals surface area contributed by atoms with Crippen LogP contribution in [-0.4, -0.2) is 26.2 Å². The summed E-state index contributed by atoms with van der Waals surface area (Å²) in [4.78, 5) is 21.4. The van der Waals surface area contributed by atoms with Crippen molar-refractivity contribution in [2.75, 3.05) is 0 Å². The van der Waals surface area contributed by atoms with Gasteiger partial charge >= 0.3 is 0 Å². The van der Waals surface area contributed by atoms with Crippen LogP contribution in [0.3, 0.4) is 0 Å². The van der Waals surface area contributed by atoms with E-state index in [9.17, 15) is 4.79 Å². The highest BCUT2D eigenvalue weighted by atomic mass is 32.1. The van der Waals surface area contributed by atoms with E-state index >= 15 is 0 Å². The molecule has 1 aliphatic carbocycles. The Morgan fingerprint density at radius 1 is 1.25 bits per heavy atom. The topological polar surface area (TPSA) is 86.5 Å². The van der Waals surface area contributed by atoms with Gasteiger partial charge in [-0.3, -0.25) is 9.89 Å². The molecule has 0 spiro atoms. The highest BCUT2D eigenvalue weighted by Gasteiger charge is 2.37. The Morgan fingerprint density at radius 2 is 2.08 bits per heavy atom. The Kier molecular flexibility index (Phi) is 3.14. The van der Waals surface area contributed by atoms with Crippen molar-refractivity contribution < 1.29 is 0 Å². The summed E-state index contributed by atoms with van der Waals surface area (Å²) in [6.45, 7) is 1.98. The lowest BCUT2D eigenvalue weighted by Crippen LogP contribution is -2.47. The largest absolute Gasteiger partial charge is 0.308 e. The molecular weight excluding hydrogens is 322 g/mol. The number of fused-ring (bicyclic) bond motifs is 4. The van der Waals surface area contributed by atoms with Gasteiger partial charge in [0, 0.05) is 22.2 Å². The number of H-pyrrole nitrogens is 2. The molecule has 0 radical (unpaired) electrons. The van der Waals surface area contributed by atoms with Gasteiger partial charge in [0.2, 0.25) is 0 Å². The maximum absolute atomic E-state index is 12.6. The van der Waals surface area contributed by atoms with Gasteiger partial charge in [-0.2, -0.15) is 5.10 Å². The highest BCUT2D eigenvalue weighted by molar-refractivity contribution is 7.22. The Hall–Kier alpha value is -1.99. The van der Waals surface area contributed by atoms with Crippen LogP contribution < -0.4 is 10.9 Å². The summed E-state index contributed by atoms with van der Waals surface area (Å²) < 4.78 is 0.690. The number of nitrogens with one attached hydrogen (secondary N) is 3. The SMILES string of the molecule is Cc1[nH]ncc1-c1cc2nc([C@@H]3NC4CCC3CC4)[nH]c(=O)c2s1. The van der Waals surface area contributed by atoms with Crippen molar-refractivity contribution >= 4 is 21.6 Å². The molecule has 24 heavy (non-hydrogen) atoms. The average molecular weight is 341 g/mol. The first kappa shape index (κ1) is 14.4. The number of aromatic amines is 2. The molecule has 1 saturated carbocycles. The standard InChI is InChI=1S/C17H19N5OS/c1-8-11(7-18-22-8)13-6-12-15(24-13)17(23)21-16(20-12)14-9-2-4-10(19-14)5-3-9/h6-7,9-10,14,19H,2-5H2,1H3,(H,18,22)(H,20,21,23)/t9?,10?,14-/m1/s1. The number of aryl methyl sites for hydroxylation is 1. The number of hydrogen-bond acceptors (Lipinski definition) is 5. The van der Waals surface area contributed by atoms with Gasteiger partial charge in [0.25, 0.3) is 5.56 Å². The number of rotatable bonds is 2. The molecule has 6 rings (SSSR count). The molecule has 0 aromatic carbocycles. The Labute approximate surface area is 142 Å². The Bertz CT molecular complexity index is 963. The lowest BCUT2D eigenvalue weighted by molar-refractivity contribution is 0.144. The van der Waals surface area contributed by atoms with E-state index in [0.717, 1.165) is 27.5 Å². The minimum absolute atomic E-state index is 0.0318. The minimum atomic E-state index is -0.0318. The van der Waals surface area contributed by atoms with Crippen LogP contribution in [0.25, 0.3) is 20.7 Å². The molecule has 2 aliphatic heterocycles. The fourth-order valence-corrected chi connectivity index (χ4v) is 5.21. The molecule has 2 bridgehead atoms. The minimum Gasteiger partial charge on any atom is -0.308 e. The van der Waals surface area contributed by atoms with E-state index in [1.807, 2.05) is 13.0 Å². The molecule has 0 unspecified atom stereocenters. The van der Waals surface area contributed by atoms with Gasteiger partial charge in [0.05, 0.1) is 17.8 Å². The van der Waals surface area contributed by atoms with Crippen molar-refractivity contribution in [3.8, 4) is 10.4 Å². The average Bonchev–Trinajstić information content (AvgIpc) is 3.21. The van der Waals surface area contributed by atoms with Crippen LogP contribution in [0.1, 0.15) is 43.2 Å². The van der Waals surface area contributed by atoms with Gasteiger partial charge in [-0.15, -0.1) is 11.3 Å². The molecule has 7 heteroatoms. The van der Waals surface area contributed by atoms with Crippen molar-refractivity contribution in [2.24, 2.45) is 5.92 Å². The second-order valence-electron chi connectivity index (χ2n) is 6.94. The summed E-state index contributed by atoms with van der Waals surface area (Å²) in [6, 6.07) is 2.78. The molecule has 0 amide bonds. The van der Waals surface area contributed by atoms with Gasteiger partial charge in [-0.25, -0.2) is 4.98 Å². The van der Waals surface area contributed by atoms with E-state index in [-0.39, 0.29) is 11.6 Å². The van der Waals surface area contributed by atoms with Gasteiger partial charge in [0.1, 0.15) is 10.5 Å². The van der Waals surface area contributed by atoms with Crippen molar-refractivity contribution in [2.45, 2.75) is 44.7 Å². The van der Waals surface area contributed by atoms with Gasteiger partial charge < -0.3 is 10.3 Å². The van der Waals surface area contributed by atoms with E-state index in [2.05, 4.69) is 20.5 Å². The lowest BCUT2D eigenvalue weighted by atomic mass is 9.76. The fourth-order valence-electron chi connectivity index (χ4n) is 4.15. The Balaban J connectivity index is 1.60. The first-order valence-corrected chi connectivity index (χ1v) is 9.31. The zero-order valence-electron chi connectivity index (χ0n) is 13.4. The van der Waals surface area contributed by atoms with Crippen LogP contribution in [-0.2, 0) is 0 Å². The van der Waals surface area contributed by atoms with Crippen LogP contribution in [0.2, 0.25) is 0 Å². The van der Waals surface area contributed by atoms with Crippen molar-refractivity contribution in [1.29, 1.82) is 0 Å². The molecule has 124 valence electrons. The van der Waals surface area contributed by atoms with Gasteiger partial charge in [-0.1, -0.05) is 0 Å². The van der Waals surface area contributed by atoms with Gasteiger partial charge in [0.15, 0.2) is 0 Å². The smallest absolute Gasteiger partial charge is 0.268 e. The van der Waals surface area contributed by atoms with E-state index in [1.165, 1.54) is 37.0 Å². The molecule has 6 nitrogen and oxygen atoms in total. The van der Waals surface area contributed by atoms with Crippen molar-refractivity contribution in [3.63, 3.8) is 0 Å². The molecule has 5 heterocycles. The van der Waals surface area contributed by atoms with Crippen LogP contribution in [0.5, 0.6) is 0 Å². The lowest BCUT2D eigenvalue weighted by Gasteiger charge is -2.42. The summed E-state index contributed by atoms with van der Waals surface area (Å²) in [5, 5.41) is 10.7. The fraction of sp³-hybridized carbons (Fsp3) is 0.471. The molecular formula is C17H19N5OS.